The lowest BCUT2D eigenvalue weighted by molar-refractivity contribution is 0.0625. The molecule has 1 fully saturated rings. The number of likely N-dealkylation sites (N-methyl/N-ethyl adjacent to an activating group) is 1. The molecule has 3 amide bonds. The number of benzene rings is 1. The van der Waals surface area contributed by atoms with E-state index in [9.17, 15) is 9.59 Å². The van der Waals surface area contributed by atoms with Crippen LogP contribution >= 0.6 is 11.6 Å². The molecule has 152 valence electrons. The Morgan fingerprint density at radius 1 is 1.38 bits per heavy atom. The Bertz CT molecular complexity index is 1020. The van der Waals surface area contributed by atoms with Crippen LogP contribution in [0.2, 0.25) is 5.02 Å². The van der Waals surface area contributed by atoms with Gasteiger partial charge in [-0.3, -0.25) is 4.79 Å². The number of amides is 3. The Kier molecular flexibility index (Phi) is 5.44. The summed E-state index contributed by atoms with van der Waals surface area (Å²) in [5.74, 6) is 0.196. The smallest absolute Gasteiger partial charge is 0.317 e. The Labute approximate surface area is 173 Å². The van der Waals surface area contributed by atoms with Crippen molar-refractivity contribution in [2.24, 2.45) is 0 Å². The standard InChI is InChI=1S/C20H23ClN6O2/c1-26(16-3-2-8-27(12-16)19(28)18-22-6-7-23-18)20(29)24-11-15-10-13-9-14(21)4-5-17(13)25-15/h4-7,9-10,16,25H,2-3,8,11-12H2,1H3,(H,22,23)(H,24,29). The largest absolute Gasteiger partial charge is 0.357 e. The molecular weight excluding hydrogens is 392 g/mol. The average Bonchev–Trinajstić information content (AvgIpc) is 3.40. The molecular formula is C20H23ClN6O2. The number of carbonyl (C=O) groups excluding carboxylic acids is 2. The highest BCUT2D eigenvalue weighted by atomic mass is 35.5. The highest BCUT2D eigenvalue weighted by Crippen LogP contribution is 2.20. The summed E-state index contributed by atoms with van der Waals surface area (Å²) in [6.45, 7) is 1.55. The molecule has 0 saturated carbocycles. The number of carbonyl (C=O) groups is 2. The first-order chi connectivity index (χ1) is 14.0. The summed E-state index contributed by atoms with van der Waals surface area (Å²) in [6, 6.07) is 7.41. The topological polar surface area (TPSA) is 97.1 Å². The molecule has 4 rings (SSSR count). The minimum Gasteiger partial charge on any atom is -0.357 e. The maximum atomic E-state index is 12.6. The van der Waals surface area contributed by atoms with Crippen molar-refractivity contribution in [3.63, 3.8) is 0 Å². The van der Waals surface area contributed by atoms with Crippen molar-refractivity contribution in [2.45, 2.75) is 25.4 Å². The molecule has 3 heterocycles. The molecule has 3 N–H and O–H groups in total. The normalized spacial score (nSPS) is 16.8. The van der Waals surface area contributed by atoms with Crippen molar-refractivity contribution in [2.75, 3.05) is 20.1 Å². The highest BCUT2D eigenvalue weighted by Gasteiger charge is 2.29. The Hall–Kier alpha value is -3.00. The van der Waals surface area contributed by atoms with Gasteiger partial charge >= 0.3 is 6.03 Å². The molecule has 9 heteroatoms. The number of aromatic nitrogens is 3. The summed E-state index contributed by atoms with van der Waals surface area (Å²) < 4.78 is 0. The van der Waals surface area contributed by atoms with Crippen molar-refractivity contribution in [3.05, 3.63) is 53.2 Å². The van der Waals surface area contributed by atoms with E-state index in [2.05, 4.69) is 20.3 Å². The number of nitrogens with zero attached hydrogens (tertiary/aromatic N) is 3. The summed E-state index contributed by atoms with van der Waals surface area (Å²) in [5.41, 5.74) is 1.88. The minimum atomic E-state index is -0.168. The van der Waals surface area contributed by atoms with E-state index in [1.165, 1.54) is 0 Å². The number of rotatable bonds is 4. The molecule has 2 aromatic heterocycles. The second-order valence-corrected chi connectivity index (χ2v) is 7.72. The zero-order valence-corrected chi connectivity index (χ0v) is 16.9. The van der Waals surface area contributed by atoms with E-state index in [0.717, 1.165) is 29.4 Å². The number of likely N-dealkylation sites (tertiary alicyclic amines) is 1. The molecule has 0 bridgehead atoms. The van der Waals surface area contributed by atoms with Crippen LogP contribution in [0, 0.1) is 0 Å². The van der Waals surface area contributed by atoms with Crippen molar-refractivity contribution >= 4 is 34.4 Å². The fourth-order valence-corrected chi connectivity index (χ4v) is 3.89. The third-order valence-corrected chi connectivity index (χ3v) is 5.56. The average molecular weight is 415 g/mol. The molecule has 3 aromatic rings. The third kappa shape index (κ3) is 4.22. The molecule has 1 aromatic carbocycles. The molecule has 8 nitrogen and oxygen atoms in total. The van der Waals surface area contributed by atoms with Crippen molar-refractivity contribution in [3.8, 4) is 0 Å². The fraction of sp³-hybridized carbons (Fsp3) is 0.350. The fourth-order valence-electron chi connectivity index (χ4n) is 3.71. The van der Waals surface area contributed by atoms with E-state index in [-0.39, 0.29) is 18.0 Å². The first-order valence-corrected chi connectivity index (χ1v) is 9.95. The number of hydrogen-bond donors (Lipinski definition) is 3. The molecule has 0 radical (unpaired) electrons. The van der Waals surface area contributed by atoms with Crippen LogP contribution in [-0.4, -0.2) is 62.9 Å². The zero-order chi connectivity index (χ0) is 20.4. The lowest BCUT2D eigenvalue weighted by Gasteiger charge is -2.37. The lowest BCUT2D eigenvalue weighted by Crippen LogP contribution is -2.52. The molecule has 1 atom stereocenters. The van der Waals surface area contributed by atoms with Gasteiger partial charge in [-0.2, -0.15) is 0 Å². The number of hydrogen-bond acceptors (Lipinski definition) is 3. The van der Waals surface area contributed by atoms with Gasteiger partial charge in [-0.25, -0.2) is 9.78 Å². The molecule has 1 unspecified atom stereocenters. The van der Waals surface area contributed by atoms with Gasteiger partial charge < -0.3 is 25.1 Å². The van der Waals surface area contributed by atoms with Crippen LogP contribution in [0.3, 0.4) is 0 Å². The third-order valence-electron chi connectivity index (χ3n) is 5.32. The summed E-state index contributed by atoms with van der Waals surface area (Å²) in [7, 11) is 1.77. The number of imidazole rings is 1. The van der Waals surface area contributed by atoms with Gasteiger partial charge in [0.2, 0.25) is 0 Å². The van der Waals surface area contributed by atoms with Crippen LogP contribution in [0.5, 0.6) is 0 Å². The summed E-state index contributed by atoms with van der Waals surface area (Å²) in [5, 5.41) is 4.63. The number of fused-ring (bicyclic) bond motifs is 1. The van der Waals surface area contributed by atoms with E-state index in [1.807, 2.05) is 24.3 Å². The van der Waals surface area contributed by atoms with Gasteiger partial charge in [0.25, 0.3) is 5.91 Å². The van der Waals surface area contributed by atoms with E-state index in [1.54, 1.807) is 29.2 Å². The van der Waals surface area contributed by atoms with Crippen LogP contribution in [0.4, 0.5) is 4.79 Å². The maximum Gasteiger partial charge on any atom is 0.317 e. The van der Waals surface area contributed by atoms with E-state index in [4.69, 9.17) is 11.6 Å². The monoisotopic (exact) mass is 414 g/mol. The van der Waals surface area contributed by atoms with E-state index < -0.39 is 0 Å². The van der Waals surface area contributed by atoms with Gasteiger partial charge in [-0.1, -0.05) is 11.6 Å². The zero-order valence-electron chi connectivity index (χ0n) is 16.1. The molecule has 1 aliphatic heterocycles. The van der Waals surface area contributed by atoms with Gasteiger partial charge in [0.05, 0.1) is 12.6 Å². The van der Waals surface area contributed by atoms with Crippen molar-refractivity contribution in [1.82, 2.24) is 30.1 Å². The number of piperidine rings is 1. The van der Waals surface area contributed by atoms with Gasteiger partial charge in [-0.05, 0) is 37.1 Å². The van der Waals surface area contributed by atoms with Gasteiger partial charge in [-0.15, -0.1) is 0 Å². The predicted molar refractivity (Wildman–Crippen MR) is 111 cm³/mol. The quantitative estimate of drug-likeness (QED) is 0.612. The molecule has 0 aliphatic carbocycles. The Morgan fingerprint density at radius 3 is 3.03 bits per heavy atom. The summed E-state index contributed by atoms with van der Waals surface area (Å²) >= 11 is 6.03. The van der Waals surface area contributed by atoms with Gasteiger partial charge in [0.15, 0.2) is 5.82 Å². The lowest BCUT2D eigenvalue weighted by atomic mass is 10.0. The van der Waals surface area contributed by atoms with Crippen LogP contribution in [-0.2, 0) is 6.54 Å². The highest BCUT2D eigenvalue weighted by molar-refractivity contribution is 6.31. The van der Waals surface area contributed by atoms with Crippen LogP contribution in [0.15, 0.2) is 36.7 Å². The van der Waals surface area contributed by atoms with Crippen LogP contribution < -0.4 is 5.32 Å². The van der Waals surface area contributed by atoms with Crippen molar-refractivity contribution in [1.29, 1.82) is 0 Å². The Balaban J connectivity index is 1.34. The number of halogens is 1. The van der Waals surface area contributed by atoms with Gasteiger partial charge in [0.1, 0.15) is 0 Å². The second-order valence-electron chi connectivity index (χ2n) is 7.28. The minimum absolute atomic E-state index is 0.0378. The molecule has 0 spiro atoms. The first kappa shape index (κ1) is 19.3. The molecule has 1 aliphatic rings. The SMILES string of the molecule is CN(C(=O)NCc1cc2cc(Cl)ccc2[nH]1)C1CCCN(C(=O)c2ncc[nH]2)C1. The summed E-state index contributed by atoms with van der Waals surface area (Å²) in [4.78, 5) is 38.8. The maximum absolute atomic E-state index is 12.6. The summed E-state index contributed by atoms with van der Waals surface area (Å²) in [6.07, 6.45) is 4.90. The number of aromatic amines is 2. The predicted octanol–water partition coefficient (Wildman–Crippen LogP) is 2.99. The van der Waals surface area contributed by atoms with E-state index >= 15 is 0 Å². The Morgan fingerprint density at radius 2 is 2.24 bits per heavy atom. The number of H-pyrrole nitrogens is 2. The van der Waals surface area contributed by atoms with E-state index in [0.29, 0.717) is 30.5 Å². The first-order valence-electron chi connectivity index (χ1n) is 9.58. The van der Waals surface area contributed by atoms with Crippen LogP contribution in [0.1, 0.15) is 29.2 Å². The molecule has 1 saturated heterocycles. The number of urea groups is 1. The molecule has 29 heavy (non-hydrogen) atoms. The second kappa shape index (κ2) is 8.16. The van der Waals surface area contributed by atoms with Crippen LogP contribution in [0.25, 0.3) is 10.9 Å². The van der Waals surface area contributed by atoms with Gasteiger partial charge in [0, 0.05) is 54.2 Å². The van der Waals surface area contributed by atoms with Crippen molar-refractivity contribution < 1.29 is 9.59 Å². The number of nitrogens with one attached hydrogen (secondary N) is 3.